The number of cyclic esters (lactones) is 1. The fourth-order valence-electron chi connectivity index (χ4n) is 10.0. The number of allylic oxidation sites excluding steroid dienone is 6. The van der Waals surface area contributed by atoms with Crippen LogP contribution in [-0.4, -0.2) is 140 Å². The number of fused-ring (bicyclic) bond motifs is 3. The highest BCUT2D eigenvalue weighted by Crippen LogP contribution is 2.42. The van der Waals surface area contributed by atoms with Crippen LogP contribution in [0.15, 0.2) is 47.6 Å². The van der Waals surface area contributed by atoms with Crippen LogP contribution < -0.4 is 0 Å². The van der Waals surface area contributed by atoms with Gasteiger partial charge in [-0.25, -0.2) is 4.79 Å². The monoisotopic (exact) mass is 990 g/mol. The van der Waals surface area contributed by atoms with Gasteiger partial charge in [0.15, 0.2) is 13.2 Å². The minimum absolute atomic E-state index is 0.0144. The average Bonchev–Trinajstić information content (AvgIpc) is 3.30. The molecule has 0 unspecified atom stereocenters. The highest BCUT2D eigenvalue weighted by atomic mass is 31.2. The fourth-order valence-corrected chi connectivity index (χ4v) is 11.0. The number of amides is 1. The molecule has 1 aliphatic carbocycles. The van der Waals surface area contributed by atoms with Gasteiger partial charge in [0, 0.05) is 71.3 Å². The topological polar surface area (TPSA) is 201 Å². The summed E-state index contributed by atoms with van der Waals surface area (Å²) in [6, 6.07) is -1.15. The number of aliphatic hydroxyl groups is 2. The summed E-state index contributed by atoms with van der Waals surface area (Å²) in [5.41, 5.74) is 1.26. The van der Waals surface area contributed by atoms with E-state index in [0.717, 1.165) is 31.3 Å². The lowest BCUT2D eigenvalue weighted by Crippen LogP contribution is -2.61. The number of esters is 1. The highest BCUT2D eigenvalue weighted by Gasteiger charge is 2.53. The number of rotatable bonds is 9. The van der Waals surface area contributed by atoms with Gasteiger partial charge in [-0.2, -0.15) is 0 Å². The van der Waals surface area contributed by atoms with Crippen LogP contribution >= 0.6 is 7.37 Å². The van der Waals surface area contributed by atoms with Crippen molar-refractivity contribution in [1.82, 2.24) is 4.90 Å². The van der Waals surface area contributed by atoms with Gasteiger partial charge in [-0.05, 0) is 107 Å². The van der Waals surface area contributed by atoms with Crippen molar-refractivity contribution in [1.29, 1.82) is 0 Å². The van der Waals surface area contributed by atoms with Crippen molar-refractivity contribution in [3.05, 3.63) is 47.6 Å². The molecule has 2 saturated heterocycles. The van der Waals surface area contributed by atoms with Crippen LogP contribution in [0.3, 0.4) is 0 Å². The van der Waals surface area contributed by atoms with Crippen molar-refractivity contribution >= 4 is 36.6 Å². The molecule has 16 heteroatoms. The van der Waals surface area contributed by atoms with Gasteiger partial charge in [0.25, 0.3) is 11.7 Å². The molecule has 69 heavy (non-hydrogen) atoms. The van der Waals surface area contributed by atoms with Crippen molar-refractivity contribution in [3.8, 4) is 0 Å². The smallest absolute Gasteiger partial charge is 0.329 e. The van der Waals surface area contributed by atoms with Gasteiger partial charge in [-0.1, -0.05) is 71.1 Å². The second-order valence-corrected chi connectivity index (χ2v) is 23.5. The second-order valence-electron chi connectivity index (χ2n) is 20.8. The minimum atomic E-state index is -2.62. The lowest BCUT2D eigenvalue weighted by Gasteiger charge is -2.42. The van der Waals surface area contributed by atoms with Crippen molar-refractivity contribution in [2.45, 2.75) is 186 Å². The van der Waals surface area contributed by atoms with Crippen molar-refractivity contribution < 1.29 is 67.0 Å². The molecule has 390 valence electrons. The van der Waals surface area contributed by atoms with Gasteiger partial charge < -0.3 is 43.3 Å². The Bertz CT molecular complexity index is 1920. The third kappa shape index (κ3) is 17.0. The van der Waals surface area contributed by atoms with Gasteiger partial charge in [0.05, 0.1) is 24.4 Å². The number of piperidine rings is 1. The third-order valence-electron chi connectivity index (χ3n) is 14.6. The van der Waals surface area contributed by atoms with E-state index in [1.54, 1.807) is 47.3 Å². The number of carbonyl (C=O) groups is 5. The Morgan fingerprint density at radius 3 is 2.20 bits per heavy atom. The summed E-state index contributed by atoms with van der Waals surface area (Å²) in [7, 11) is 0.331. The lowest BCUT2D eigenvalue weighted by molar-refractivity contribution is -0.265. The predicted octanol–water partition coefficient (Wildman–Crippen LogP) is 7.89. The summed E-state index contributed by atoms with van der Waals surface area (Å²) >= 11 is 0. The molecule has 0 aromatic rings. The SMILES string of the molecule is CO[C@H]1C[C@@H]2CC[C@@H](C)[C@@](O)(O2)C(=O)C(=O)N2CCCC[C@H]2C(=O)O[C@H]([C@H](C)CCOC2CCC(OP(C)(C)=O)CC2)CC(=O)[C@H](C)/C=C(\C)[C@@H](O)[C@@H](OC)C(=O)[C@H](C)C[C@H](C)/C=C/C=C/C=C\1C. The molecule has 2 bridgehead atoms. The van der Waals surface area contributed by atoms with E-state index in [2.05, 4.69) is 0 Å². The number of aliphatic hydroxyl groups excluding tert-OH is 1. The number of ether oxygens (including phenoxy) is 5. The molecule has 0 aromatic heterocycles. The second kappa shape index (κ2) is 27.1. The molecule has 1 amide bonds. The van der Waals surface area contributed by atoms with Gasteiger partial charge >= 0.3 is 5.97 Å². The van der Waals surface area contributed by atoms with Crippen molar-refractivity contribution in [3.63, 3.8) is 0 Å². The molecule has 12 atom stereocenters. The summed E-state index contributed by atoms with van der Waals surface area (Å²) < 4.78 is 48.1. The summed E-state index contributed by atoms with van der Waals surface area (Å²) in [5.74, 6) is -8.21. The number of hydrogen-bond donors (Lipinski definition) is 2. The normalized spacial score (nSPS) is 37.9. The van der Waals surface area contributed by atoms with Gasteiger partial charge in [0.1, 0.15) is 30.1 Å². The molecule has 4 rings (SSSR count). The van der Waals surface area contributed by atoms with Crippen LogP contribution in [0.2, 0.25) is 0 Å². The number of hydrogen-bond acceptors (Lipinski definition) is 14. The molecule has 0 aromatic carbocycles. The number of Topliss-reactive ketones (excluding diaryl/α,β-unsaturated/α-hetero) is 3. The zero-order chi connectivity index (χ0) is 51.2. The van der Waals surface area contributed by atoms with E-state index in [1.807, 2.05) is 58.1 Å². The highest BCUT2D eigenvalue weighted by molar-refractivity contribution is 7.57. The maximum Gasteiger partial charge on any atom is 0.329 e. The number of methoxy groups -OCH3 is 2. The summed E-state index contributed by atoms with van der Waals surface area (Å²) in [5, 5.41) is 23.4. The zero-order valence-corrected chi connectivity index (χ0v) is 44.2. The third-order valence-corrected chi connectivity index (χ3v) is 15.4. The Kier molecular flexibility index (Phi) is 22.9. The number of nitrogens with zero attached hydrogens (tertiary/aromatic N) is 1. The van der Waals surface area contributed by atoms with E-state index in [-0.39, 0.29) is 55.0 Å². The first-order valence-electron chi connectivity index (χ1n) is 25.3. The van der Waals surface area contributed by atoms with E-state index >= 15 is 0 Å². The minimum Gasteiger partial charge on any atom is -0.460 e. The Hall–Kier alpha value is -3.14. The van der Waals surface area contributed by atoms with Gasteiger partial charge in [-0.3, -0.25) is 23.7 Å². The molecule has 1 saturated carbocycles. The standard InChI is InChI=1S/C53H84NO14P/c1-33-17-13-12-14-18-34(2)45(63-8)31-42-21-20-39(7)53(61,67-42)50(58)51(59)54-27-16-15-19-43(54)52(60)66-46(35(3)26-28-65-40-22-24-41(25-23-40)68-69(10,11)62)32-44(55)36(4)30-38(6)48(57)49(64-9)47(56)37(5)29-33/h12-14,17-18,30,33,35-37,39-43,45-46,48-49,57,61H,15-16,19-29,31-32H2,1-11H3/b14-12+,17-13+,34-18-,38-30+/t33-,35-,36-,37-,39-,40?,41?,42+,43+,45+,46+,48-,49+,53-/m1/s1. The lowest BCUT2D eigenvalue weighted by atomic mass is 9.85. The first-order valence-corrected chi connectivity index (χ1v) is 27.8. The maximum absolute atomic E-state index is 14.4. The first kappa shape index (κ1) is 58.4. The quantitative estimate of drug-likeness (QED) is 0.0978. The largest absolute Gasteiger partial charge is 0.460 e. The molecule has 3 heterocycles. The van der Waals surface area contributed by atoms with E-state index in [0.29, 0.717) is 57.1 Å². The number of ketones is 3. The van der Waals surface area contributed by atoms with Crippen LogP contribution in [-0.2, 0) is 56.7 Å². The molecule has 0 radical (unpaired) electrons. The van der Waals surface area contributed by atoms with E-state index < -0.39 is 85.1 Å². The van der Waals surface area contributed by atoms with Crippen molar-refractivity contribution in [2.24, 2.45) is 29.6 Å². The number of carbonyl (C=O) groups excluding carboxylic acids is 5. The Labute approximate surface area is 411 Å². The summed E-state index contributed by atoms with van der Waals surface area (Å²) in [6.45, 7) is 16.2. The molecule has 3 aliphatic heterocycles. The summed E-state index contributed by atoms with van der Waals surface area (Å²) in [6.07, 6.45) is 12.8. The molecular weight excluding hydrogens is 906 g/mol. The predicted molar refractivity (Wildman–Crippen MR) is 264 cm³/mol. The van der Waals surface area contributed by atoms with E-state index in [4.69, 9.17) is 28.2 Å². The molecule has 15 nitrogen and oxygen atoms in total. The van der Waals surface area contributed by atoms with Crippen molar-refractivity contribution in [2.75, 3.05) is 40.7 Å². The van der Waals surface area contributed by atoms with E-state index in [1.165, 1.54) is 12.0 Å². The maximum atomic E-state index is 14.4. The van der Waals surface area contributed by atoms with Crippen LogP contribution in [0.5, 0.6) is 0 Å². The van der Waals surface area contributed by atoms with Crippen LogP contribution in [0, 0.1) is 29.6 Å². The molecule has 0 spiro atoms. The zero-order valence-electron chi connectivity index (χ0n) is 43.3. The van der Waals surface area contributed by atoms with E-state index in [9.17, 15) is 38.8 Å². The molecule has 3 fully saturated rings. The first-order chi connectivity index (χ1) is 32.5. The Balaban J connectivity index is 1.64. The van der Waals surface area contributed by atoms with Crippen LogP contribution in [0.4, 0.5) is 0 Å². The molecule has 4 aliphatic rings. The van der Waals surface area contributed by atoms with Crippen LogP contribution in [0.1, 0.15) is 132 Å². The summed E-state index contributed by atoms with van der Waals surface area (Å²) in [4.78, 5) is 71.9. The average molecular weight is 990 g/mol. The fraction of sp³-hybridized carbons (Fsp3) is 0.755. The Morgan fingerprint density at radius 1 is 0.870 bits per heavy atom. The Morgan fingerprint density at radius 2 is 1.55 bits per heavy atom. The van der Waals surface area contributed by atoms with Gasteiger partial charge in [-0.15, -0.1) is 0 Å². The van der Waals surface area contributed by atoms with Crippen LogP contribution in [0.25, 0.3) is 0 Å². The molecule has 2 N–H and O–H groups in total. The molecular formula is C53H84NO14P. The van der Waals surface area contributed by atoms with Gasteiger partial charge in [0.2, 0.25) is 5.79 Å².